The fourth-order valence-electron chi connectivity index (χ4n) is 2.53. The minimum atomic E-state index is -0.342. The third kappa shape index (κ3) is 3.42. The monoisotopic (exact) mass is 290 g/mol. The van der Waals surface area contributed by atoms with E-state index in [-0.39, 0.29) is 17.6 Å². The number of carbonyl (C=O) groups excluding carboxylic acids is 2. The first-order valence-electron chi connectivity index (χ1n) is 7.51. The Hall–Kier alpha value is -1.88. The van der Waals surface area contributed by atoms with Crippen molar-refractivity contribution in [2.45, 2.75) is 20.3 Å². The van der Waals surface area contributed by atoms with E-state index >= 15 is 0 Å². The minimum absolute atomic E-state index is 0.174. The van der Waals surface area contributed by atoms with E-state index in [0.717, 1.165) is 13.2 Å². The number of fused-ring (bicyclic) bond motifs is 1. The minimum Gasteiger partial charge on any atom is -0.355 e. The molecule has 1 aliphatic rings. The third-order valence-electron chi connectivity index (χ3n) is 4.05. The summed E-state index contributed by atoms with van der Waals surface area (Å²) in [6.07, 6.45) is 0.711. The summed E-state index contributed by atoms with van der Waals surface area (Å²) < 4.78 is 0. The van der Waals surface area contributed by atoms with E-state index in [1.165, 1.54) is 16.7 Å². The number of primary amides is 1. The second kappa shape index (κ2) is 6.72. The summed E-state index contributed by atoms with van der Waals surface area (Å²) in [4.78, 5) is 28.0. The van der Waals surface area contributed by atoms with Crippen LogP contribution in [0.1, 0.15) is 20.3 Å². The Labute approximate surface area is 125 Å². The van der Waals surface area contributed by atoms with Crippen LogP contribution in [0.25, 0.3) is 0 Å². The maximum Gasteiger partial charge on any atom is 0.378 e. The first kappa shape index (κ1) is 15.5. The molecule has 0 fully saturated rings. The van der Waals surface area contributed by atoms with Crippen molar-refractivity contribution >= 4 is 23.1 Å². The van der Waals surface area contributed by atoms with Gasteiger partial charge in [0.05, 0.1) is 24.6 Å². The van der Waals surface area contributed by atoms with Crippen LogP contribution in [0.5, 0.6) is 0 Å². The predicted molar refractivity (Wildman–Crippen MR) is 83.3 cm³/mol. The number of anilines is 2. The molecule has 5 heteroatoms. The predicted octanol–water partition coefficient (Wildman–Crippen LogP) is 0.606. The van der Waals surface area contributed by atoms with Crippen LogP contribution >= 0.6 is 0 Å². The Morgan fingerprint density at radius 2 is 1.95 bits per heavy atom. The number of Topliss-reactive ketones (excluding diaryl/α,β-unsaturated/α-hetero) is 1. The van der Waals surface area contributed by atoms with Gasteiger partial charge in [-0.05, 0) is 18.6 Å². The summed E-state index contributed by atoms with van der Waals surface area (Å²) in [5, 5.41) is 1.54. The lowest BCUT2D eigenvalue weighted by molar-refractivity contribution is -0.561. The zero-order chi connectivity index (χ0) is 15.4. The Kier molecular flexibility index (Phi) is 4.96. The van der Waals surface area contributed by atoms with Gasteiger partial charge in [-0.1, -0.05) is 26.0 Å². The van der Waals surface area contributed by atoms with Crippen molar-refractivity contribution in [3.8, 4) is 0 Å². The van der Waals surface area contributed by atoms with Crippen molar-refractivity contribution in [1.82, 2.24) is 0 Å². The molecular formula is C16H24N3O2+. The fraction of sp³-hybridized carbons (Fsp3) is 0.500. The third-order valence-corrected chi connectivity index (χ3v) is 4.05. The van der Waals surface area contributed by atoms with Crippen LogP contribution in [0.3, 0.4) is 0 Å². The molecule has 0 saturated carbocycles. The van der Waals surface area contributed by atoms with Gasteiger partial charge in [0.15, 0.2) is 0 Å². The number of hydrogen-bond acceptors (Lipinski definition) is 4. The molecule has 2 N–H and O–H groups in total. The Balaban J connectivity index is 1.85. The van der Waals surface area contributed by atoms with E-state index in [1.807, 2.05) is 19.1 Å². The molecule has 2 rings (SSSR count). The molecule has 1 aromatic carbocycles. The molecule has 0 spiro atoms. The summed E-state index contributed by atoms with van der Waals surface area (Å²) in [5.41, 5.74) is 2.40. The normalized spacial score (nSPS) is 15.0. The van der Waals surface area contributed by atoms with Crippen LogP contribution in [-0.4, -0.2) is 38.5 Å². The molecular weight excluding hydrogens is 266 g/mol. The molecule has 1 aliphatic heterocycles. The highest BCUT2D eigenvalue weighted by atomic mass is 16.2. The van der Waals surface area contributed by atoms with E-state index in [0.29, 0.717) is 13.0 Å². The van der Waals surface area contributed by atoms with Crippen LogP contribution in [0.2, 0.25) is 0 Å². The summed E-state index contributed by atoms with van der Waals surface area (Å²) in [7, 11) is 2.06. The molecule has 5 nitrogen and oxygen atoms in total. The smallest absolute Gasteiger partial charge is 0.355 e. The van der Waals surface area contributed by atoms with Crippen molar-refractivity contribution in [2.75, 3.05) is 36.6 Å². The van der Waals surface area contributed by atoms with E-state index in [9.17, 15) is 9.59 Å². The van der Waals surface area contributed by atoms with E-state index in [1.54, 1.807) is 6.92 Å². The molecule has 1 amide bonds. The number of rotatable bonds is 6. The molecule has 0 aliphatic carbocycles. The number of benzene rings is 1. The molecule has 0 saturated heterocycles. The molecule has 0 bridgehead atoms. The van der Waals surface area contributed by atoms with E-state index < -0.39 is 0 Å². The lowest BCUT2D eigenvalue weighted by atomic mass is 10.0. The van der Waals surface area contributed by atoms with Gasteiger partial charge in [-0.25, -0.2) is 4.79 Å². The molecule has 114 valence electrons. The number of ketones is 1. The number of nitrogens with two attached hydrogens (primary N) is 1. The van der Waals surface area contributed by atoms with Crippen molar-refractivity contribution in [1.29, 1.82) is 0 Å². The Morgan fingerprint density at radius 3 is 2.62 bits per heavy atom. The number of para-hydroxylation sites is 2. The lowest BCUT2D eigenvalue weighted by Crippen LogP contribution is -2.91. The highest BCUT2D eigenvalue weighted by Gasteiger charge is 2.25. The highest BCUT2D eigenvalue weighted by molar-refractivity contribution is 6.32. The van der Waals surface area contributed by atoms with Gasteiger partial charge in [-0.3, -0.25) is 10.1 Å². The number of carbonyl (C=O) groups is 2. The van der Waals surface area contributed by atoms with Gasteiger partial charge >= 0.3 is 5.91 Å². The maximum absolute atomic E-state index is 11.8. The summed E-state index contributed by atoms with van der Waals surface area (Å²) in [5.74, 6) is -0.783. The molecule has 0 aromatic heterocycles. The van der Waals surface area contributed by atoms with Crippen LogP contribution in [0.15, 0.2) is 24.3 Å². The van der Waals surface area contributed by atoms with Gasteiger partial charge in [0.25, 0.3) is 5.78 Å². The van der Waals surface area contributed by atoms with Crippen LogP contribution in [0.4, 0.5) is 11.4 Å². The number of nitrogens with zero attached hydrogens (tertiary/aromatic N) is 2. The molecule has 0 unspecified atom stereocenters. The zero-order valence-electron chi connectivity index (χ0n) is 13.0. The average molecular weight is 290 g/mol. The van der Waals surface area contributed by atoms with Crippen LogP contribution < -0.4 is 15.1 Å². The summed E-state index contributed by atoms with van der Waals surface area (Å²) in [6, 6.07) is 8.23. The van der Waals surface area contributed by atoms with Crippen LogP contribution in [0, 0.1) is 5.92 Å². The van der Waals surface area contributed by atoms with E-state index in [2.05, 4.69) is 29.0 Å². The fourth-order valence-corrected chi connectivity index (χ4v) is 2.53. The molecule has 1 heterocycles. The van der Waals surface area contributed by atoms with Crippen molar-refractivity contribution in [2.24, 2.45) is 5.92 Å². The quantitative estimate of drug-likeness (QED) is 0.780. The van der Waals surface area contributed by atoms with Gasteiger partial charge in [0.2, 0.25) is 0 Å². The molecule has 0 radical (unpaired) electrons. The van der Waals surface area contributed by atoms with Gasteiger partial charge in [0, 0.05) is 13.0 Å². The summed E-state index contributed by atoms with van der Waals surface area (Å²) >= 11 is 0. The maximum atomic E-state index is 11.8. The van der Waals surface area contributed by atoms with Gasteiger partial charge < -0.3 is 9.80 Å². The highest BCUT2D eigenvalue weighted by Crippen LogP contribution is 2.33. The number of quaternary nitrogens is 1. The number of hydrogen-bond donors (Lipinski definition) is 1. The largest absolute Gasteiger partial charge is 0.378 e. The first-order valence-corrected chi connectivity index (χ1v) is 7.51. The van der Waals surface area contributed by atoms with Crippen molar-refractivity contribution in [3.05, 3.63) is 24.3 Å². The number of amides is 1. The topological polar surface area (TPSA) is 57.2 Å². The lowest BCUT2D eigenvalue weighted by Gasteiger charge is -2.18. The molecule has 1 atom stereocenters. The van der Waals surface area contributed by atoms with Gasteiger partial charge in [0.1, 0.15) is 6.54 Å². The standard InChI is InChI=1S/C16H23N3O2/c1-4-12(2)15(20)16(21)17-9-10-19-11-18(3)13-7-5-6-8-14(13)19/h5-8,12H,4,9-11H2,1-3H3,(H,17,21)/p+1/t12-/m0/s1. The van der Waals surface area contributed by atoms with Crippen molar-refractivity contribution < 1.29 is 14.9 Å². The summed E-state index contributed by atoms with van der Waals surface area (Å²) in [6.45, 7) is 5.90. The SMILES string of the molecule is CC[C@H](C)C(=O)C(=O)[NH2+]CCN1CN(C)c2ccccc21. The molecule has 21 heavy (non-hydrogen) atoms. The second-order valence-electron chi connectivity index (χ2n) is 5.62. The molecule has 1 aromatic rings. The van der Waals surface area contributed by atoms with Crippen molar-refractivity contribution in [3.63, 3.8) is 0 Å². The first-order chi connectivity index (χ1) is 10.0. The van der Waals surface area contributed by atoms with Gasteiger partial charge in [-0.15, -0.1) is 0 Å². The zero-order valence-corrected chi connectivity index (χ0v) is 13.0. The van der Waals surface area contributed by atoms with Crippen LogP contribution in [-0.2, 0) is 9.59 Å². The second-order valence-corrected chi connectivity index (χ2v) is 5.62. The average Bonchev–Trinajstić information content (AvgIpc) is 2.82. The van der Waals surface area contributed by atoms with Gasteiger partial charge in [-0.2, -0.15) is 0 Å². The Bertz CT molecular complexity index is 530. The van der Waals surface area contributed by atoms with E-state index in [4.69, 9.17) is 0 Å². The Morgan fingerprint density at radius 1 is 1.29 bits per heavy atom.